The van der Waals surface area contributed by atoms with E-state index in [1.54, 1.807) is 13.0 Å². The van der Waals surface area contributed by atoms with Crippen LogP contribution in [0, 0.1) is 0 Å². The van der Waals surface area contributed by atoms with Gasteiger partial charge in [-0.25, -0.2) is 0 Å². The number of rotatable bonds is 5. The highest BCUT2D eigenvalue weighted by Crippen LogP contribution is 2.23. The van der Waals surface area contributed by atoms with Crippen LogP contribution in [-0.2, 0) is 4.79 Å². The van der Waals surface area contributed by atoms with Crippen molar-refractivity contribution in [1.29, 1.82) is 0 Å². The molecule has 0 radical (unpaired) electrons. The second-order valence-corrected chi connectivity index (χ2v) is 6.10. The van der Waals surface area contributed by atoms with Gasteiger partial charge in [-0.3, -0.25) is 20.4 Å². The summed E-state index contributed by atoms with van der Waals surface area (Å²) in [6.07, 6.45) is -0.842. The number of nitrogens with one attached hydrogen (secondary N) is 2. The quantitative estimate of drug-likeness (QED) is 0.592. The Bertz CT molecular complexity index is 1020. The Hall–Kier alpha value is -3.74. The lowest BCUT2D eigenvalue weighted by Gasteiger charge is -2.16. The van der Waals surface area contributed by atoms with Crippen molar-refractivity contribution in [3.05, 3.63) is 66.2 Å². The third-order valence-electron chi connectivity index (χ3n) is 4.15. The SMILES string of the molecule is COc1ccc(C(=O)NNC(=O)[C@H](C)Oc2ccc3ccccc3c2)c(O)c1. The smallest absolute Gasteiger partial charge is 0.279 e. The summed E-state index contributed by atoms with van der Waals surface area (Å²) in [5, 5.41) is 11.9. The molecular formula is C21H20N2O5. The molecule has 0 heterocycles. The number of methoxy groups -OCH3 is 1. The molecule has 3 rings (SSSR count). The topological polar surface area (TPSA) is 96.9 Å². The molecule has 3 aromatic rings. The maximum atomic E-state index is 12.2. The molecule has 28 heavy (non-hydrogen) atoms. The summed E-state index contributed by atoms with van der Waals surface area (Å²) in [4.78, 5) is 24.3. The van der Waals surface area contributed by atoms with E-state index in [4.69, 9.17) is 9.47 Å². The Labute approximate surface area is 161 Å². The van der Waals surface area contributed by atoms with Gasteiger partial charge in [0, 0.05) is 6.07 Å². The van der Waals surface area contributed by atoms with Crippen LogP contribution in [0.5, 0.6) is 17.2 Å². The number of amides is 2. The van der Waals surface area contributed by atoms with Gasteiger partial charge < -0.3 is 14.6 Å². The van der Waals surface area contributed by atoms with Crippen LogP contribution in [0.1, 0.15) is 17.3 Å². The Kier molecular flexibility index (Phi) is 5.64. The molecule has 0 aliphatic rings. The van der Waals surface area contributed by atoms with Crippen molar-refractivity contribution in [2.75, 3.05) is 7.11 Å². The van der Waals surface area contributed by atoms with Crippen molar-refractivity contribution >= 4 is 22.6 Å². The lowest BCUT2D eigenvalue weighted by Crippen LogP contribution is -2.47. The maximum Gasteiger partial charge on any atom is 0.279 e. The zero-order valence-corrected chi connectivity index (χ0v) is 15.4. The van der Waals surface area contributed by atoms with E-state index in [1.165, 1.54) is 25.3 Å². The van der Waals surface area contributed by atoms with Crippen molar-refractivity contribution in [2.45, 2.75) is 13.0 Å². The van der Waals surface area contributed by atoms with Crippen LogP contribution in [0.3, 0.4) is 0 Å². The largest absolute Gasteiger partial charge is 0.507 e. The molecule has 7 nitrogen and oxygen atoms in total. The predicted octanol–water partition coefficient (Wildman–Crippen LogP) is 2.78. The molecule has 0 aliphatic carbocycles. The molecular weight excluding hydrogens is 360 g/mol. The Morgan fingerprint density at radius 1 is 0.929 bits per heavy atom. The van der Waals surface area contributed by atoms with Gasteiger partial charge in [-0.1, -0.05) is 30.3 Å². The number of ether oxygens (including phenoxy) is 2. The number of phenolic OH excluding ortho intramolecular Hbond substituents is 1. The molecule has 0 aromatic heterocycles. The maximum absolute atomic E-state index is 12.2. The number of carbonyl (C=O) groups excluding carboxylic acids is 2. The zero-order valence-electron chi connectivity index (χ0n) is 15.4. The lowest BCUT2D eigenvalue weighted by atomic mass is 10.1. The van der Waals surface area contributed by atoms with Crippen molar-refractivity contribution in [1.82, 2.24) is 10.9 Å². The molecule has 0 saturated carbocycles. The summed E-state index contributed by atoms with van der Waals surface area (Å²) >= 11 is 0. The normalized spacial score (nSPS) is 11.5. The number of hydrogen-bond donors (Lipinski definition) is 3. The number of benzene rings is 3. The first-order valence-electron chi connectivity index (χ1n) is 8.60. The van der Waals surface area contributed by atoms with E-state index in [-0.39, 0.29) is 11.3 Å². The van der Waals surface area contributed by atoms with Gasteiger partial charge in [-0.15, -0.1) is 0 Å². The van der Waals surface area contributed by atoms with Gasteiger partial charge in [-0.2, -0.15) is 0 Å². The Morgan fingerprint density at radius 2 is 1.64 bits per heavy atom. The summed E-state index contributed by atoms with van der Waals surface area (Å²) in [6.45, 7) is 1.57. The second-order valence-electron chi connectivity index (χ2n) is 6.10. The summed E-state index contributed by atoms with van der Waals surface area (Å²) in [5.41, 5.74) is 4.55. The zero-order chi connectivity index (χ0) is 20.1. The second kappa shape index (κ2) is 8.30. The van der Waals surface area contributed by atoms with Gasteiger partial charge in [0.15, 0.2) is 6.10 Å². The summed E-state index contributed by atoms with van der Waals surface area (Å²) in [5.74, 6) is -0.497. The van der Waals surface area contributed by atoms with Gasteiger partial charge in [0.1, 0.15) is 17.2 Å². The first-order chi connectivity index (χ1) is 13.5. The fourth-order valence-corrected chi connectivity index (χ4v) is 2.62. The number of phenols is 1. The fraction of sp³-hybridized carbons (Fsp3) is 0.143. The van der Waals surface area contributed by atoms with Gasteiger partial charge in [0.05, 0.1) is 12.7 Å². The number of hydrazine groups is 1. The molecule has 0 fully saturated rings. The molecule has 0 unspecified atom stereocenters. The minimum Gasteiger partial charge on any atom is -0.507 e. The molecule has 0 spiro atoms. The van der Waals surface area contributed by atoms with Gasteiger partial charge in [-0.05, 0) is 42.0 Å². The lowest BCUT2D eigenvalue weighted by molar-refractivity contribution is -0.128. The van der Waals surface area contributed by atoms with Crippen LogP contribution in [0.15, 0.2) is 60.7 Å². The molecule has 3 N–H and O–H groups in total. The van der Waals surface area contributed by atoms with E-state index >= 15 is 0 Å². The van der Waals surface area contributed by atoms with Gasteiger partial charge in [0.25, 0.3) is 11.8 Å². The highest BCUT2D eigenvalue weighted by Gasteiger charge is 2.17. The van der Waals surface area contributed by atoms with Crippen molar-refractivity contribution in [2.24, 2.45) is 0 Å². The van der Waals surface area contributed by atoms with E-state index < -0.39 is 17.9 Å². The van der Waals surface area contributed by atoms with Crippen molar-refractivity contribution in [3.63, 3.8) is 0 Å². The molecule has 3 aromatic carbocycles. The van der Waals surface area contributed by atoms with E-state index in [1.807, 2.05) is 36.4 Å². The van der Waals surface area contributed by atoms with E-state index in [9.17, 15) is 14.7 Å². The summed E-state index contributed by atoms with van der Waals surface area (Å²) in [6, 6.07) is 17.6. The Morgan fingerprint density at radius 3 is 2.36 bits per heavy atom. The third kappa shape index (κ3) is 4.32. The van der Waals surface area contributed by atoms with Crippen LogP contribution in [0.4, 0.5) is 0 Å². The molecule has 0 bridgehead atoms. The highest BCUT2D eigenvalue weighted by molar-refractivity contribution is 5.98. The molecule has 0 saturated heterocycles. The number of hydrogen-bond acceptors (Lipinski definition) is 5. The van der Waals surface area contributed by atoms with Crippen LogP contribution in [-0.4, -0.2) is 30.1 Å². The standard InChI is InChI=1S/C21H20N2O5/c1-13(28-17-8-7-14-5-3-4-6-15(14)11-17)20(25)22-23-21(26)18-10-9-16(27-2)12-19(18)24/h3-13,24H,1-2H3,(H,22,25)(H,23,26)/t13-/m0/s1. The summed E-state index contributed by atoms with van der Waals surface area (Å²) < 4.78 is 10.6. The van der Waals surface area contributed by atoms with Crippen LogP contribution in [0.25, 0.3) is 10.8 Å². The minimum atomic E-state index is -0.842. The van der Waals surface area contributed by atoms with E-state index in [2.05, 4.69) is 10.9 Å². The van der Waals surface area contributed by atoms with Crippen LogP contribution >= 0.6 is 0 Å². The predicted molar refractivity (Wildman–Crippen MR) is 104 cm³/mol. The average Bonchev–Trinajstić information content (AvgIpc) is 2.71. The monoisotopic (exact) mass is 380 g/mol. The minimum absolute atomic E-state index is 0.00389. The number of fused-ring (bicyclic) bond motifs is 1. The molecule has 2 amide bonds. The van der Waals surface area contributed by atoms with E-state index in [0.717, 1.165) is 10.8 Å². The third-order valence-corrected chi connectivity index (χ3v) is 4.15. The van der Waals surface area contributed by atoms with Crippen molar-refractivity contribution < 1.29 is 24.2 Å². The Balaban J connectivity index is 1.58. The molecule has 144 valence electrons. The molecule has 0 aliphatic heterocycles. The van der Waals surface area contributed by atoms with Crippen molar-refractivity contribution in [3.8, 4) is 17.2 Å². The fourth-order valence-electron chi connectivity index (χ4n) is 2.62. The highest BCUT2D eigenvalue weighted by atomic mass is 16.5. The average molecular weight is 380 g/mol. The summed E-state index contributed by atoms with van der Waals surface area (Å²) in [7, 11) is 1.45. The van der Waals surface area contributed by atoms with E-state index in [0.29, 0.717) is 11.5 Å². The first kappa shape index (κ1) is 19.0. The molecule has 1 atom stereocenters. The first-order valence-corrected chi connectivity index (χ1v) is 8.60. The number of aromatic hydroxyl groups is 1. The van der Waals surface area contributed by atoms with Gasteiger partial charge in [0.2, 0.25) is 0 Å². The number of carbonyl (C=O) groups is 2. The van der Waals surface area contributed by atoms with Crippen LogP contribution in [0.2, 0.25) is 0 Å². The van der Waals surface area contributed by atoms with Crippen LogP contribution < -0.4 is 20.3 Å². The molecule has 7 heteroatoms. The van der Waals surface area contributed by atoms with Gasteiger partial charge >= 0.3 is 0 Å².